The summed E-state index contributed by atoms with van der Waals surface area (Å²) in [5, 5.41) is 0. The van der Waals surface area contributed by atoms with E-state index in [9.17, 15) is 4.79 Å². The average molecular weight is 291 g/mol. The van der Waals surface area contributed by atoms with E-state index in [0.29, 0.717) is 28.5 Å². The van der Waals surface area contributed by atoms with Crippen molar-refractivity contribution in [2.75, 3.05) is 21.3 Å². The third-order valence-corrected chi connectivity index (χ3v) is 4.35. The van der Waals surface area contributed by atoms with E-state index in [1.54, 1.807) is 19.2 Å². The van der Waals surface area contributed by atoms with Gasteiger partial charge in [-0.3, -0.25) is 4.79 Å². The van der Waals surface area contributed by atoms with Crippen LogP contribution in [0.3, 0.4) is 0 Å². The van der Waals surface area contributed by atoms with Crippen LogP contribution in [0.25, 0.3) is 0 Å². The van der Waals surface area contributed by atoms with E-state index in [1.807, 2.05) is 0 Å². The molecular weight excluding hydrogens is 270 g/mol. The molecule has 0 aliphatic carbocycles. The smallest absolute Gasteiger partial charge is 0.188 e. The van der Waals surface area contributed by atoms with Crippen molar-refractivity contribution in [1.29, 1.82) is 0 Å². The minimum Gasteiger partial charge on any atom is -0.496 e. The standard InChI is InChI=1S/C14H21O4P.Li/c1-6-9(2)19-14(15)13-11(17-4)7-10(16-3)8-12(13)18-5;/h7-9,19H,6H2,1-5H3;. The number of methoxy groups -OCH3 is 3. The van der Waals surface area contributed by atoms with E-state index in [4.69, 9.17) is 14.2 Å². The van der Waals surface area contributed by atoms with Gasteiger partial charge in [-0.25, -0.2) is 0 Å². The molecule has 6 heteroatoms. The Morgan fingerprint density at radius 2 is 1.65 bits per heavy atom. The summed E-state index contributed by atoms with van der Waals surface area (Å²) in [5.41, 5.74) is 0.930. The summed E-state index contributed by atoms with van der Waals surface area (Å²) in [4.78, 5) is 12.4. The van der Waals surface area contributed by atoms with Crippen LogP contribution in [-0.4, -0.2) is 51.4 Å². The molecule has 1 aromatic rings. The first kappa shape index (κ1) is 19.3. The molecule has 0 aromatic heterocycles. The first-order valence-electron chi connectivity index (χ1n) is 6.18. The molecule has 2 unspecified atom stereocenters. The Kier molecular flexibility index (Phi) is 8.97. The van der Waals surface area contributed by atoms with Crippen molar-refractivity contribution in [1.82, 2.24) is 0 Å². The second kappa shape index (κ2) is 9.29. The van der Waals surface area contributed by atoms with Crippen LogP contribution in [0.5, 0.6) is 17.2 Å². The monoisotopic (exact) mass is 291 g/mol. The predicted molar refractivity (Wildman–Crippen MR) is 84.3 cm³/mol. The van der Waals surface area contributed by atoms with Crippen LogP contribution in [0.4, 0.5) is 0 Å². The topological polar surface area (TPSA) is 44.8 Å². The van der Waals surface area contributed by atoms with E-state index in [-0.39, 0.29) is 33.0 Å². The van der Waals surface area contributed by atoms with Crippen molar-refractivity contribution in [3.8, 4) is 17.2 Å². The molecule has 0 heterocycles. The van der Waals surface area contributed by atoms with E-state index < -0.39 is 0 Å². The summed E-state index contributed by atoms with van der Waals surface area (Å²) in [5.74, 6) is 1.60. The normalized spacial score (nSPS) is 11.8. The van der Waals surface area contributed by atoms with Crippen molar-refractivity contribution in [3.63, 3.8) is 0 Å². The van der Waals surface area contributed by atoms with Gasteiger partial charge in [-0.05, 0) is 20.7 Å². The van der Waals surface area contributed by atoms with Crippen LogP contribution in [0, 0.1) is 0 Å². The first-order chi connectivity index (χ1) is 9.07. The fraction of sp³-hybridized carbons (Fsp3) is 0.500. The fourth-order valence-electron chi connectivity index (χ4n) is 1.63. The fourth-order valence-corrected chi connectivity index (χ4v) is 2.67. The molecule has 0 saturated heterocycles. The molecular formula is C14H21LiO4P. The molecule has 0 spiro atoms. The quantitative estimate of drug-likeness (QED) is 0.572. The Balaban J connectivity index is 0.00000361. The molecule has 0 bridgehead atoms. The molecule has 0 N–H and O–H groups in total. The molecule has 0 fully saturated rings. The minimum absolute atomic E-state index is 0. The van der Waals surface area contributed by atoms with Crippen molar-refractivity contribution in [2.24, 2.45) is 0 Å². The van der Waals surface area contributed by atoms with Gasteiger partial charge in [0, 0.05) is 31.0 Å². The van der Waals surface area contributed by atoms with Crippen LogP contribution in [-0.2, 0) is 0 Å². The summed E-state index contributed by atoms with van der Waals surface area (Å²) in [6.45, 7) is 4.15. The van der Waals surface area contributed by atoms with E-state index in [1.165, 1.54) is 14.2 Å². The van der Waals surface area contributed by atoms with Gasteiger partial charge in [0.25, 0.3) is 0 Å². The van der Waals surface area contributed by atoms with E-state index >= 15 is 0 Å². The van der Waals surface area contributed by atoms with Crippen molar-refractivity contribution in [3.05, 3.63) is 17.7 Å². The molecule has 4 nitrogen and oxygen atoms in total. The number of ether oxygens (including phenoxy) is 3. The molecule has 1 radical (unpaired) electrons. The van der Waals surface area contributed by atoms with Crippen molar-refractivity contribution < 1.29 is 19.0 Å². The molecule has 0 saturated carbocycles. The second-order valence-electron chi connectivity index (χ2n) is 4.19. The molecule has 1 rings (SSSR count). The zero-order valence-electron chi connectivity index (χ0n) is 13.1. The number of benzene rings is 1. The Bertz CT molecular complexity index is 426. The minimum atomic E-state index is 0. The van der Waals surface area contributed by atoms with Crippen LogP contribution in [0.2, 0.25) is 0 Å². The molecule has 0 aliphatic heterocycles. The zero-order valence-corrected chi connectivity index (χ0v) is 14.1. The Hall–Kier alpha value is -0.683. The number of carbonyl (C=O) groups is 1. The van der Waals surface area contributed by atoms with Crippen molar-refractivity contribution in [2.45, 2.75) is 25.9 Å². The third-order valence-electron chi connectivity index (χ3n) is 2.93. The third kappa shape index (κ3) is 4.70. The molecule has 2 atom stereocenters. The summed E-state index contributed by atoms with van der Waals surface area (Å²) in [6, 6.07) is 3.41. The van der Waals surface area contributed by atoms with Gasteiger partial charge in [0.2, 0.25) is 0 Å². The number of carbonyl (C=O) groups excluding carboxylic acids is 1. The largest absolute Gasteiger partial charge is 0.496 e. The number of hydrogen-bond acceptors (Lipinski definition) is 4. The SMILES string of the molecule is CCC(C)PC(=O)c1c(OC)cc(OC)cc1OC.[Li]. The van der Waals surface area contributed by atoms with Crippen LogP contribution in [0.1, 0.15) is 30.6 Å². The Morgan fingerprint density at radius 1 is 1.15 bits per heavy atom. The zero-order chi connectivity index (χ0) is 14.4. The summed E-state index contributed by atoms with van der Waals surface area (Å²) in [7, 11) is 4.86. The van der Waals surface area contributed by atoms with Gasteiger partial charge in [-0.2, -0.15) is 0 Å². The Labute approximate surface area is 134 Å². The van der Waals surface area contributed by atoms with Crippen LogP contribution < -0.4 is 14.2 Å². The van der Waals surface area contributed by atoms with E-state index in [0.717, 1.165) is 6.42 Å². The molecule has 0 aliphatic rings. The van der Waals surface area contributed by atoms with Gasteiger partial charge in [0.15, 0.2) is 5.52 Å². The maximum atomic E-state index is 12.4. The van der Waals surface area contributed by atoms with Gasteiger partial charge in [0.1, 0.15) is 22.8 Å². The average Bonchev–Trinajstić information content (AvgIpc) is 2.44. The summed E-state index contributed by atoms with van der Waals surface area (Å²) in [6.07, 6.45) is 0.977. The summed E-state index contributed by atoms with van der Waals surface area (Å²) < 4.78 is 15.7. The maximum absolute atomic E-state index is 12.4. The van der Waals surface area contributed by atoms with E-state index in [2.05, 4.69) is 13.8 Å². The second-order valence-corrected chi connectivity index (χ2v) is 5.92. The Morgan fingerprint density at radius 3 is 2.00 bits per heavy atom. The maximum Gasteiger partial charge on any atom is 0.188 e. The van der Waals surface area contributed by atoms with Gasteiger partial charge < -0.3 is 14.2 Å². The number of rotatable bonds is 7. The summed E-state index contributed by atoms with van der Waals surface area (Å²) >= 11 is 0. The van der Waals surface area contributed by atoms with Gasteiger partial charge in [-0.15, -0.1) is 0 Å². The van der Waals surface area contributed by atoms with Gasteiger partial charge in [0.05, 0.1) is 21.3 Å². The molecule has 107 valence electrons. The molecule has 0 amide bonds. The van der Waals surface area contributed by atoms with Gasteiger partial charge >= 0.3 is 0 Å². The van der Waals surface area contributed by atoms with Crippen LogP contribution >= 0.6 is 8.58 Å². The van der Waals surface area contributed by atoms with Crippen molar-refractivity contribution >= 4 is 33.0 Å². The molecule has 1 aromatic carbocycles. The van der Waals surface area contributed by atoms with Gasteiger partial charge in [-0.1, -0.05) is 13.8 Å². The molecule has 20 heavy (non-hydrogen) atoms. The first-order valence-corrected chi connectivity index (χ1v) is 7.25. The number of hydrogen-bond donors (Lipinski definition) is 0. The predicted octanol–water partition coefficient (Wildman–Crippen LogP) is 2.95. The van der Waals surface area contributed by atoms with Crippen LogP contribution in [0.15, 0.2) is 12.1 Å².